The minimum atomic E-state index is -0.525. The standard InChI is InChI=1S/C24H19N3O4.ClH/c1-31-24(30)15-7-8-16-19(13-15)23(29)27(11-4-10-26-12-9-25-14-26)21-17-5-2-3-6-18(17)22(28)20(16)21;/h2-3,5-9,12-14H,4,10-11H2,1H3;1H. The van der Waals surface area contributed by atoms with E-state index in [-0.39, 0.29) is 29.3 Å². The summed E-state index contributed by atoms with van der Waals surface area (Å²) in [6.07, 6.45) is 5.99. The molecule has 2 heterocycles. The van der Waals surface area contributed by atoms with E-state index >= 15 is 0 Å². The Kier molecular flexibility index (Phi) is 5.67. The van der Waals surface area contributed by atoms with E-state index in [0.717, 1.165) is 5.56 Å². The molecule has 1 aliphatic carbocycles. The van der Waals surface area contributed by atoms with Gasteiger partial charge in [0.25, 0.3) is 5.56 Å². The van der Waals surface area contributed by atoms with Crippen LogP contribution in [-0.4, -0.2) is 33.0 Å². The van der Waals surface area contributed by atoms with Gasteiger partial charge in [0.1, 0.15) is 0 Å². The third-order valence-electron chi connectivity index (χ3n) is 5.70. The number of ketones is 1. The van der Waals surface area contributed by atoms with Crippen LogP contribution in [0.2, 0.25) is 0 Å². The summed E-state index contributed by atoms with van der Waals surface area (Å²) in [4.78, 5) is 42.9. The van der Waals surface area contributed by atoms with Gasteiger partial charge in [-0.25, -0.2) is 9.78 Å². The van der Waals surface area contributed by atoms with Crippen LogP contribution < -0.4 is 5.56 Å². The first-order valence-electron chi connectivity index (χ1n) is 9.99. The van der Waals surface area contributed by atoms with Gasteiger partial charge >= 0.3 is 5.97 Å². The van der Waals surface area contributed by atoms with Crippen LogP contribution in [0.5, 0.6) is 0 Å². The molecule has 4 aromatic rings. The Morgan fingerprint density at radius 1 is 1.03 bits per heavy atom. The fraction of sp³-hybridized carbons (Fsp3) is 0.167. The zero-order chi connectivity index (χ0) is 21.5. The van der Waals surface area contributed by atoms with E-state index < -0.39 is 5.97 Å². The maximum Gasteiger partial charge on any atom is 0.337 e. The molecule has 0 aliphatic heterocycles. The first-order chi connectivity index (χ1) is 15.1. The molecule has 0 fully saturated rings. The lowest BCUT2D eigenvalue weighted by Gasteiger charge is -2.15. The summed E-state index contributed by atoms with van der Waals surface area (Å²) >= 11 is 0. The minimum Gasteiger partial charge on any atom is -0.465 e. The average Bonchev–Trinajstić information content (AvgIpc) is 3.42. The molecule has 2 aromatic heterocycles. The van der Waals surface area contributed by atoms with Crippen molar-refractivity contribution in [3.05, 3.63) is 88.2 Å². The minimum absolute atomic E-state index is 0. The predicted molar refractivity (Wildman–Crippen MR) is 123 cm³/mol. The van der Waals surface area contributed by atoms with E-state index in [1.807, 2.05) is 29.0 Å². The Bertz CT molecular complexity index is 1410. The van der Waals surface area contributed by atoms with Gasteiger partial charge < -0.3 is 13.9 Å². The molecule has 0 saturated carbocycles. The number of hydrogen-bond donors (Lipinski definition) is 0. The highest BCUT2D eigenvalue weighted by Gasteiger charge is 2.32. The maximum absolute atomic E-state index is 13.5. The summed E-state index contributed by atoms with van der Waals surface area (Å²) < 4.78 is 8.41. The molecular weight excluding hydrogens is 430 g/mol. The molecular formula is C24H20ClN3O4. The second kappa shape index (κ2) is 8.43. The van der Waals surface area contributed by atoms with E-state index in [0.29, 0.717) is 47.1 Å². The van der Waals surface area contributed by atoms with Gasteiger partial charge in [-0.05, 0) is 18.6 Å². The van der Waals surface area contributed by atoms with Crippen molar-refractivity contribution in [3.8, 4) is 11.3 Å². The lowest BCUT2D eigenvalue weighted by atomic mass is 10.0. The van der Waals surface area contributed by atoms with Crippen molar-refractivity contribution < 1.29 is 14.3 Å². The van der Waals surface area contributed by atoms with Crippen molar-refractivity contribution in [2.45, 2.75) is 19.5 Å². The Morgan fingerprint density at radius 2 is 1.81 bits per heavy atom. The van der Waals surface area contributed by atoms with Gasteiger partial charge in [-0.3, -0.25) is 9.59 Å². The molecule has 0 N–H and O–H groups in total. The highest BCUT2D eigenvalue weighted by Crippen LogP contribution is 2.39. The SMILES string of the molecule is COC(=O)c1ccc2c3c(n(CCCn4ccnc4)c(=O)c2c1)-c1ccccc1C3=O.Cl. The Morgan fingerprint density at radius 3 is 2.53 bits per heavy atom. The van der Waals surface area contributed by atoms with Crippen LogP contribution in [-0.2, 0) is 17.8 Å². The Labute approximate surface area is 189 Å². The molecule has 162 valence electrons. The van der Waals surface area contributed by atoms with Gasteiger partial charge in [0, 0.05) is 47.4 Å². The van der Waals surface area contributed by atoms with Gasteiger partial charge in [0.05, 0.1) is 30.3 Å². The van der Waals surface area contributed by atoms with Crippen molar-refractivity contribution in [2.75, 3.05) is 7.11 Å². The molecule has 0 saturated heterocycles. The lowest BCUT2D eigenvalue weighted by molar-refractivity contribution is 0.0601. The van der Waals surface area contributed by atoms with Crippen LogP contribution in [0.4, 0.5) is 0 Å². The topological polar surface area (TPSA) is 83.2 Å². The van der Waals surface area contributed by atoms with Crippen molar-refractivity contribution in [2.24, 2.45) is 0 Å². The van der Waals surface area contributed by atoms with Crippen LogP contribution in [0.25, 0.3) is 22.0 Å². The molecule has 0 bridgehead atoms. The first-order valence-corrected chi connectivity index (χ1v) is 9.99. The monoisotopic (exact) mass is 449 g/mol. The number of fused-ring (bicyclic) bond motifs is 5. The molecule has 8 heteroatoms. The molecule has 0 atom stereocenters. The van der Waals surface area contributed by atoms with Crippen molar-refractivity contribution in [1.82, 2.24) is 14.1 Å². The number of ether oxygens (including phenoxy) is 1. The molecule has 7 nitrogen and oxygen atoms in total. The molecule has 0 radical (unpaired) electrons. The first kappa shape index (κ1) is 21.5. The smallest absolute Gasteiger partial charge is 0.337 e. The normalized spacial score (nSPS) is 11.7. The number of nitrogens with zero attached hydrogens (tertiary/aromatic N) is 3. The number of esters is 1. The zero-order valence-corrected chi connectivity index (χ0v) is 18.1. The van der Waals surface area contributed by atoms with E-state index in [9.17, 15) is 14.4 Å². The van der Waals surface area contributed by atoms with Gasteiger partial charge in [-0.15, -0.1) is 12.4 Å². The molecule has 5 rings (SSSR count). The largest absolute Gasteiger partial charge is 0.465 e. The highest BCUT2D eigenvalue weighted by molar-refractivity contribution is 6.26. The third-order valence-corrected chi connectivity index (χ3v) is 5.70. The van der Waals surface area contributed by atoms with E-state index in [4.69, 9.17) is 4.74 Å². The molecule has 1 aliphatic rings. The molecule has 0 unspecified atom stereocenters. The fourth-order valence-electron chi connectivity index (χ4n) is 4.27. The summed E-state index contributed by atoms with van der Waals surface area (Å²) in [5.41, 5.74) is 2.56. The van der Waals surface area contributed by atoms with Crippen LogP contribution in [0.1, 0.15) is 32.7 Å². The second-order valence-corrected chi connectivity index (χ2v) is 7.46. The van der Waals surface area contributed by atoms with Gasteiger partial charge in [-0.1, -0.05) is 30.3 Å². The number of halogens is 1. The third kappa shape index (κ3) is 3.31. The summed E-state index contributed by atoms with van der Waals surface area (Å²) in [7, 11) is 1.30. The number of pyridine rings is 1. The second-order valence-electron chi connectivity index (χ2n) is 7.46. The Hall–Kier alpha value is -3.71. The number of imidazole rings is 1. The predicted octanol–water partition coefficient (Wildman–Crippen LogP) is 3.71. The van der Waals surface area contributed by atoms with Crippen molar-refractivity contribution in [1.29, 1.82) is 0 Å². The van der Waals surface area contributed by atoms with Crippen molar-refractivity contribution in [3.63, 3.8) is 0 Å². The molecule has 2 aromatic carbocycles. The number of carbonyl (C=O) groups is 2. The fourth-order valence-corrected chi connectivity index (χ4v) is 4.27. The highest BCUT2D eigenvalue weighted by atomic mass is 35.5. The number of methoxy groups -OCH3 is 1. The van der Waals surface area contributed by atoms with Crippen LogP contribution in [0.3, 0.4) is 0 Å². The quantitative estimate of drug-likeness (QED) is 0.382. The van der Waals surface area contributed by atoms with Crippen LogP contribution in [0, 0.1) is 0 Å². The number of rotatable bonds is 5. The average molecular weight is 450 g/mol. The Balaban J connectivity index is 0.00000245. The molecule has 32 heavy (non-hydrogen) atoms. The van der Waals surface area contributed by atoms with Crippen LogP contribution in [0.15, 0.2) is 66.0 Å². The summed E-state index contributed by atoms with van der Waals surface area (Å²) in [5, 5.41) is 0.894. The summed E-state index contributed by atoms with van der Waals surface area (Å²) in [5.74, 6) is -0.632. The van der Waals surface area contributed by atoms with E-state index in [1.165, 1.54) is 13.2 Å². The number of hydrogen-bond acceptors (Lipinski definition) is 5. The molecule has 0 spiro atoms. The number of aryl methyl sites for hydroxylation is 1. The van der Waals surface area contributed by atoms with Gasteiger partial charge in [0.2, 0.25) is 0 Å². The van der Waals surface area contributed by atoms with Crippen molar-refractivity contribution >= 4 is 34.9 Å². The summed E-state index contributed by atoms with van der Waals surface area (Å²) in [6, 6.07) is 12.1. The number of aromatic nitrogens is 3. The van der Waals surface area contributed by atoms with E-state index in [1.54, 1.807) is 35.3 Å². The number of carbonyl (C=O) groups excluding carboxylic acids is 2. The van der Waals surface area contributed by atoms with Gasteiger partial charge in [-0.2, -0.15) is 0 Å². The zero-order valence-electron chi connectivity index (χ0n) is 17.3. The van der Waals surface area contributed by atoms with E-state index in [2.05, 4.69) is 4.98 Å². The molecule has 0 amide bonds. The summed E-state index contributed by atoms with van der Waals surface area (Å²) in [6.45, 7) is 1.12. The van der Waals surface area contributed by atoms with Crippen LogP contribution >= 0.6 is 12.4 Å². The van der Waals surface area contributed by atoms with Gasteiger partial charge in [0.15, 0.2) is 5.78 Å². The number of benzene rings is 2. The maximum atomic E-state index is 13.5. The lowest BCUT2D eigenvalue weighted by Crippen LogP contribution is -2.24.